The lowest BCUT2D eigenvalue weighted by Gasteiger charge is -2.08. The molecule has 0 unspecified atom stereocenters. The highest BCUT2D eigenvalue weighted by molar-refractivity contribution is 6.30. The summed E-state index contributed by atoms with van der Waals surface area (Å²) < 4.78 is 15.9. The van der Waals surface area contributed by atoms with E-state index >= 15 is 0 Å². The van der Waals surface area contributed by atoms with E-state index in [2.05, 4.69) is 0 Å². The van der Waals surface area contributed by atoms with Crippen molar-refractivity contribution < 1.29 is 19.0 Å². The fraction of sp³-hybridized carbons (Fsp3) is 0.100. The number of hydrogen-bond donors (Lipinski definition) is 0. The highest BCUT2D eigenvalue weighted by Gasteiger charge is 2.22. The Kier molecular flexibility index (Phi) is 5.26. The Balaban J connectivity index is 1.88. The molecule has 0 saturated heterocycles. The number of halogens is 1. The van der Waals surface area contributed by atoms with Crippen molar-refractivity contribution in [3.63, 3.8) is 0 Å². The molecule has 0 atom stereocenters. The second-order valence-electron chi connectivity index (χ2n) is 5.36. The summed E-state index contributed by atoms with van der Waals surface area (Å²) in [4.78, 5) is 12.1. The van der Waals surface area contributed by atoms with Gasteiger partial charge in [0.1, 0.15) is 11.8 Å². The predicted octanol–water partition coefficient (Wildman–Crippen LogP) is 4.23. The second-order valence-corrected chi connectivity index (χ2v) is 5.80. The molecular formula is C20H14ClNO4. The predicted molar refractivity (Wildman–Crippen MR) is 97.6 cm³/mol. The third-order valence-electron chi connectivity index (χ3n) is 3.66. The first kappa shape index (κ1) is 17.6. The van der Waals surface area contributed by atoms with Gasteiger partial charge in [-0.25, -0.2) is 4.79 Å². The number of benzene rings is 2. The first-order valence-corrected chi connectivity index (χ1v) is 8.08. The average molecular weight is 368 g/mol. The summed E-state index contributed by atoms with van der Waals surface area (Å²) in [5.41, 5.74) is 1.93. The summed E-state index contributed by atoms with van der Waals surface area (Å²) >= 11 is 5.88. The lowest BCUT2D eigenvalue weighted by molar-refractivity contribution is -0.130. The second kappa shape index (κ2) is 7.77. The van der Waals surface area contributed by atoms with E-state index in [9.17, 15) is 4.79 Å². The Morgan fingerprint density at radius 3 is 2.65 bits per heavy atom. The highest BCUT2D eigenvalue weighted by Crippen LogP contribution is 2.31. The zero-order valence-electron chi connectivity index (χ0n) is 13.9. The molecule has 0 aromatic heterocycles. The largest absolute Gasteiger partial charge is 0.493 e. The van der Waals surface area contributed by atoms with Crippen LogP contribution in [0.1, 0.15) is 11.1 Å². The van der Waals surface area contributed by atoms with Gasteiger partial charge in [-0.15, -0.1) is 0 Å². The summed E-state index contributed by atoms with van der Waals surface area (Å²) in [7, 11) is 1.51. The molecule has 1 aliphatic rings. The topological polar surface area (TPSA) is 68.6 Å². The third-order valence-corrected chi connectivity index (χ3v) is 3.91. The minimum absolute atomic E-state index is 0.0731. The van der Waals surface area contributed by atoms with Crippen LogP contribution in [0.25, 0.3) is 11.8 Å². The number of esters is 1. The van der Waals surface area contributed by atoms with Crippen LogP contribution in [0.15, 0.2) is 54.1 Å². The molecule has 6 heteroatoms. The summed E-state index contributed by atoms with van der Waals surface area (Å²) in [6.45, 7) is -0.0731. The number of carbonyl (C=O) groups is 1. The average Bonchev–Trinajstić information content (AvgIpc) is 3.01. The van der Waals surface area contributed by atoms with Gasteiger partial charge in [0.2, 0.25) is 0 Å². The van der Waals surface area contributed by atoms with Gasteiger partial charge in [0.05, 0.1) is 12.7 Å². The Labute approximate surface area is 155 Å². The van der Waals surface area contributed by atoms with Crippen LogP contribution in [0.5, 0.6) is 11.5 Å². The van der Waals surface area contributed by atoms with Gasteiger partial charge < -0.3 is 14.2 Å². The molecule has 0 bridgehead atoms. The maximum Gasteiger partial charge on any atom is 0.343 e. The van der Waals surface area contributed by atoms with Crippen LogP contribution in [0.2, 0.25) is 5.02 Å². The molecule has 0 fully saturated rings. The van der Waals surface area contributed by atoms with Gasteiger partial charge in [0, 0.05) is 10.6 Å². The normalized spacial score (nSPS) is 14.6. The molecule has 0 aliphatic carbocycles. The van der Waals surface area contributed by atoms with E-state index < -0.39 is 5.97 Å². The van der Waals surface area contributed by atoms with Crippen LogP contribution in [-0.4, -0.2) is 19.7 Å². The van der Waals surface area contributed by atoms with Crippen molar-refractivity contribution in [1.82, 2.24) is 0 Å². The number of carbonyl (C=O) groups excluding carboxylic acids is 1. The standard InChI is InChI=1S/C20H14ClNO4/c1-24-19-11-13(2-7-17(19)25-9-8-22)10-15-12-18(26-20(15)23)14-3-5-16(21)6-4-14/h2-7,10-12H,9H2,1H3/b15-10+. The fourth-order valence-corrected chi connectivity index (χ4v) is 2.55. The molecule has 0 saturated carbocycles. The van der Waals surface area contributed by atoms with E-state index in [1.807, 2.05) is 6.07 Å². The summed E-state index contributed by atoms with van der Waals surface area (Å²) in [5.74, 6) is 0.975. The number of methoxy groups -OCH3 is 1. The number of hydrogen-bond acceptors (Lipinski definition) is 5. The zero-order chi connectivity index (χ0) is 18.5. The Morgan fingerprint density at radius 1 is 1.19 bits per heavy atom. The van der Waals surface area contributed by atoms with Gasteiger partial charge in [-0.3, -0.25) is 0 Å². The fourth-order valence-electron chi connectivity index (χ4n) is 2.43. The Hall–Kier alpha value is -3.23. The molecule has 0 amide bonds. The molecule has 0 radical (unpaired) electrons. The Morgan fingerprint density at radius 2 is 1.96 bits per heavy atom. The van der Waals surface area contributed by atoms with Crippen molar-refractivity contribution in [3.8, 4) is 17.6 Å². The first-order chi connectivity index (χ1) is 12.6. The SMILES string of the molecule is COc1cc(/C=C2\C=C(c3ccc(Cl)cc3)OC2=O)ccc1OCC#N. The minimum atomic E-state index is -0.432. The smallest absolute Gasteiger partial charge is 0.343 e. The lowest BCUT2D eigenvalue weighted by Crippen LogP contribution is -1.98. The van der Waals surface area contributed by atoms with Gasteiger partial charge in [0.15, 0.2) is 18.1 Å². The van der Waals surface area contributed by atoms with Crippen LogP contribution < -0.4 is 9.47 Å². The van der Waals surface area contributed by atoms with Gasteiger partial charge >= 0.3 is 5.97 Å². The van der Waals surface area contributed by atoms with E-state index in [1.54, 1.807) is 54.6 Å². The van der Waals surface area contributed by atoms with Crippen LogP contribution in [0.4, 0.5) is 0 Å². The molecule has 2 aromatic rings. The van der Waals surface area contributed by atoms with E-state index in [-0.39, 0.29) is 6.61 Å². The van der Waals surface area contributed by atoms with Crippen molar-refractivity contribution in [2.45, 2.75) is 0 Å². The van der Waals surface area contributed by atoms with Crippen molar-refractivity contribution >= 4 is 29.4 Å². The molecule has 0 spiro atoms. The van der Waals surface area contributed by atoms with Crippen LogP contribution in [0, 0.1) is 11.3 Å². The summed E-state index contributed by atoms with van der Waals surface area (Å²) in [5, 5.41) is 9.22. The lowest BCUT2D eigenvalue weighted by atomic mass is 10.1. The molecule has 26 heavy (non-hydrogen) atoms. The number of nitriles is 1. The van der Waals surface area contributed by atoms with Gasteiger partial charge in [-0.1, -0.05) is 17.7 Å². The monoisotopic (exact) mass is 367 g/mol. The van der Waals surface area contributed by atoms with Gasteiger partial charge in [-0.2, -0.15) is 5.26 Å². The van der Waals surface area contributed by atoms with Crippen molar-refractivity contribution in [3.05, 3.63) is 70.3 Å². The highest BCUT2D eigenvalue weighted by atomic mass is 35.5. The maximum atomic E-state index is 12.1. The molecule has 0 N–H and O–H groups in total. The van der Waals surface area contributed by atoms with Crippen molar-refractivity contribution in [2.75, 3.05) is 13.7 Å². The number of ether oxygens (including phenoxy) is 3. The van der Waals surface area contributed by atoms with Crippen molar-refractivity contribution in [2.24, 2.45) is 0 Å². The van der Waals surface area contributed by atoms with E-state index in [0.717, 1.165) is 11.1 Å². The molecule has 2 aromatic carbocycles. The molecular weight excluding hydrogens is 354 g/mol. The summed E-state index contributed by atoms with van der Waals surface area (Å²) in [6, 6.07) is 14.1. The van der Waals surface area contributed by atoms with E-state index in [4.69, 9.17) is 31.1 Å². The third kappa shape index (κ3) is 3.88. The first-order valence-electron chi connectivity index (χ1n) is 7.70. The molecule has 5 nitrogen and oxygen atoms in total. The number of nitrogens with zero attached hydrogens (tertiary/aromatic N) is 1. The molecule has 3 rings (SSSR count). The molecule has 1 aliphatic heterocycles. The van der Waals surface area contributed by atoms with Crippen LogP contribution >= 0.6 is 11.6 Å². The van der Waals surface area contributed by atoms with E-state index in [1.165, 1.54) is 7.11 Å². The van der Waals surface area contributed by atoms with E-state index in [0.29, 0.717) is 27.9 Å². The molecule has 130 valence electrons. The number of cyclic esters (lactones) is 1. The van der Waals surface area contributed by atoms with Crippen molar-refractivity contribution in [1.29, 1.82) is 5.26 Å². The van der Waals surface area contributed by atoms with Crippen LogP contribution in [0.3, 0.4) is 0 Å². The van der Waals surface area contributed by atoms with Crippen LogP contribution in [-0.2, 0) is 9.53 Å². The number of rotatable bonds is 5. The molecule has 1 heterocycles. The maximum absolute atomic E-state index is 12.1. The van der Waals surface area contributed by atoms with Gasteiger partial charge in [0.25, 0.3) is 0 Å². The quantitative estimate of drug-likeness (QED) is 0.584. The minimum Gasteiger partial charge on any atom is -0.493 e. The Bertz CT molecular complexity index is 939. The zero-order valence-corrected chi connectivity index (χ0v) is 14.6. The summed E-state index contributed by atoms with van der Waals surface area (Å²) in [6.07, 6.45) is 3.37. The van der Waals surface area contributed by atoms with Gasteiger partial charge in [-0.05, 0) is 54.1 Å².